The van der Waals surface area contributed by atoms with Gasteiger partial charge in [0.05, 0.1) is 0 Å². The lowest BCUT2D eigenvalue weighted by Crippen LogP contribution is -2.11. The predicted molar refractivity (Wildman–Crippen MR) is 107 cm³/mol. The highest BCUT2D eigenvalue weighted by Crippen LogP contribution is 2.20. The molecule has 1 amide bonds. The summed E-state index contributed by atoms with van der Waals surface area (Å²) in [5.74, 6) is 0.478. The molecule has 27 heavy (non-hydrogen) atoms. The standard InChI is InChI=1S/C23H20N2O2/c1-2-16-8-11-19(12-9-16)24-23(26)18-10-13-20-21(15-18)27-22(25-20)14-17-6-4-3-5-7-17/h3-13,15H,2,14H2,1H3,(H,24,26). The van der Waals surface area contributed by atoms with Crippen LogP contribution in [-0.4, -0.2) is 10.9 Å². The summed E-state index contributed by atoms with van der Waals surface area (Å²) < 4.78 is 5.85. The maximum atomic E-state index is 12.5. The first-order chi connectivity index (χ1) is 13.2. The van der Waals surface area contributed by atoms with Crippen molar-refractivity contribution in [2.24, 2.45) is 0 Å². The van der Waals surface area contributed by atoms with Crippen molar-refractivity contribution in [1.82, 2.24) is 4.98 Å². The number of hydrogen-bond donors (Lipinski definition) is 1. The number of benzene rings is 3. The van der Waals surface area contributed by atoms with Crippen LogP contribution in [-0.2, 0) is 12.8 Å². The van der Waals surface area contributed by atoms with E-state index < -0.39 is 0 Å². The Morgan fingerprint density at radius 3 is 2.48 bits per heavy atom. The monoisotopic (exact) mass is 356 g/mol. The summed E-state index contributed by atoms with van der Waals surface area (Å²) in [6.07, 6.45) is 1.60. The minimum atomic E-state index is -0.165. The maximum absolute atomic E-state index is 12.5. The third kappa shape index (κ3) is 3.90. The number of carbonyl (C=O) groups is 1. The van der Waals surface area contributed by atoms with E-state index in [0.29, 0.717) is 23.5 Å². The number of hydrogen-bond acceptors (Lipinski definition) is 3. The molecule has 4 heteroatoms. The Morgan fingerprint density at radius 2 is 1.74 bits per heavy atom. The van der Waals surface area contributed by atoms with Gasteiger partial charge in [-0.15, -0.1) is 0 Å². The van der Waals surface area contributed by atoms with E-state index >= 15 is 0 Å². The second-order valence-corrected chi connectivity index (χ2v) is 6.46. The molecule has 4 rings (SSSR count). The summed E-state index contributed by atoms with van der Waals surface area (Å²) in [4.78, 5) is 17.1. The molecule has 0 aliphatic heterocycles. The summed E-state index contributed by atoms with van der Waals surface area (Å²) in [6, 6.07) is 23.3. The Bertz CT molecular complexity index is 1070. The lowest BCUT2D eigenvalue weighted by molar-refractivity contribution is 0.102. The van der Waals surface area contributed by atoms with E-state index in [0.717, 1.165) is 23.2 Å². The minimum Gasteiger partial charge on any atom is -0.440 e. The van der Waals surface area contributed by atoms with Crippen molar-refractivity contribution in [3.63, 3.8) is 0 Å². The van der Waals surface area contributed by atoms with Gasteiger partial charge in [0, 0.05) is 17.7 Å². The van der Waals surface area contributed by atoms with Gasteiger partial charge in [-0.05, 0) is 47.9 Å². The van der Waals surface area contributed by atoms with Crippen LogP contribution in [0.4, 0.5) is 5.69 Å². The van der Waals surface area contributed by atoms with Crippen molar-refractivity contribution >= 4 is 22.7 Å². The van der Waals surface area contributed by atoms with Gasteiger partial charge >= 0.3 is 0 Å². The predicted octanol–water partition coefficient (Wildman–Crippen LogP) is 5.23. The van der Waals surface area contributed by atoms with Gasteiger partial charge in [-0.3, -0.25) is 4.79 Å². The highest BCUT2D eigenvalue weighted by Gasteiger charge is 2.11. The number of anilines is 1. The molecule has 134 valence electrons. The average Bonchev–Trinajstić information content (AvgIpc) is 3.10. The summed E-state index contributed by atoms with van der Waals surface area (Å²) in [7, 11) is 0. The molecule has 0 aliphatic carbocycles. The van der Waals surface area contributed by atoms with Crippen molar-refractivity contribution in [2.45, 2.75) is 19.8 Å². The van der Waals surface area contributed by atoms with Crippen LogP contribution in [0.25, 0.3) is 11.1 Å². The van der Waals surface area contributed by atoms with Crippen LogP contribution in [0.5, 0.6) is 0 Å². The first-order valence-electron chi connectivity index (χ1n) is 9.05. The summed E-state index contributed by atoms with van der Waals surface area (Å²) >= 11 is 0. The Kier molecular flexibility index (Phi) is 4.71. The largest absolute Gasteiger partial charge is 0.440 e. The van der Waals surface area contributed by atoms with Crippen LogP contribution in [0.1, 0.15) is 34.3 Å². The topological polar surface area (TPSA) is 55.1 Å². The minimum absolute atomic E-state index is 0.165. The van der Waals surface area contributed by atoms with Crippen LogP contribution >= 0.6 is 0 Å². The fourth-order valence-corrected chi connectivity index (χ4v) is 2.99. The van der Waals surface area contributed by atoms with Gasteiger partial charge in [0.2, 0.25) is 0 Å². The SMILES string of the molecule is CCc1ccc(NC(=O)c2ccc3nc(Cc4ccccc4)oc3c2)cc1. The molecule has 0 fully saturated rings. The molecular weight excluding hydrogens is 336 g/mol. The Hall–Kier alpha value is -3.40. The maximum Gasteiger partial charge on any atom is 0.255 e. The van der Waals surface area contributed by atoms with Gasteiger partial charge in [0.25, 0.3) is 5.91 Å². The van der Waals surface area contributed by atoms with Crippen molar-refractivity contribution in [3.05, 3.63) is 95.4 Å². The van der Waals surface area contributed by atoms with Gasteiger partial charge in [0.15, 0.2) is 11.5 Å². The summed E-state index contributed by atoms with van der Waals surface area (Å²) in [5, 5.41) is 2.92. The quantitative estimate of drug-likeness (QED) is 0.532. The highest BCUT2D eigenvalue weighted by atomic mass is 16.3. The number of carbonyl (C=O) groups excluding carboxylic acids is 1. The molecular formula is C23H20N2O2. The smallest absolute Gasteiger partial charge is 0.255 e. The van der Waals surface area contributed by atoms with E-state index in [1.807, 2.05) is 60.7 Å². The van der Waals surface area contributed by atoms with Crippen molar-refractivity contribution in [3.8, 4) is 0 Å². The second-order valence-electron chi connectivity index (χ2n) is 6.46. The Morgan fingerprint density at radius 1 is 0.963 bits per heavy atom. The molecule has 0 unspecified atom stereocenters. The number of oxazole rings is 1. The number of amides is 1. The molecule has 0 atom stereocenters. The van der Waals surface area contributed by atoms with Gasteiger partial charge in [0.1, 0.15) is 5.52 Å². The molecule has 0 spiro atoms. The molecule has 0 aliphatic rings. The lowest BCUT2D eigenvalue weighted by Gasteiger charge is -2.06. The number of rotatable bonds is 5. The number of nitrogens with zero attached hydrogens (tertiary/aromatic N) is 1. The molecule has 1 aromatic heterocycles. The van der Waals surface area contributed by atoms with E-state index in [4.69, 9.17) is 4.42 Å². The lowest BCUT2D eigenvalue weighted by atomic mass is 10.1. The Labute approximate surface area is 157 Å². The number of fused-ring (bicyclic) bond motifs is 1. The number of aryl methyl sites for hydroxylation is 1. The fourth-order valence-electron chi connectivity index (χ4n) is 2.99. The van der Waals surface area contributed by atoms with E-state index in [1.165, 1.54) is 5.56 Å². The first kappa shape index (κ1) is 17.0. The van der Waals surface area contributed by atoms with Crippen molar-refractivity contribution in [2.75, 3.05) is 5.32 Å². The molecule has 3 aromatic carbocycles. The highest BCUT2D eigenvalue weighted by molar-refractivity contribution is 6.05. The van der Waals surface area contributed by atoms with Gasteiger partial charge in [-0.1, -0.05) is 49.4 Å². The zero-order chi connectivity index (χ0) is 18.6. The molecule has 0 bridgehead atoms. The molecule has 1 N–H and O–H groups in total. The zero-order valence-corrected chi connectivity index (χ0v) is 15.1. The molecule has 1 heterocycles. The zero-order valence-electron chi connectivity index (χ0n) is 15.1. The second kappa shape index (κ2) is 7.46. The first-order valence-corrected chi connectivity index (χ1v) is 9.05. The normalized spacial score (nSPS) is 10.9. The summed E-state index contributed by atoms with van der Waals surface area (Å²) in [6.45, 7) is 2.10. The van der Waals surface area contributed by atoms with Crippen molar-refractivity contribution < 1.29 is 9.21 Å². The van der Waals surface area contributed by atoms with Crippen molar-refractivity contribution in [1.29, 1.82) is 0 Å². The van der Waals surface area contributed by atoms with E-state index in [2.05, 4.69) is 17.2 Å². The van der Waals surface area contributed by atoms with Crippen LogP contribution in [0, 0.1) is 0 Å². The number of nitrogens with one attached hydrogen (secondary N) is 1. The van der Waals surface area contributed by atoms with E-state index in [9.17, 15) is 4.79 Å². The third-order valence-corrected chi connectivity index (χ3v) is 4.51. The van der Waals surface area contributed by atoms with Crippen LogP contribution in [0.3, 0.4) is 0 Å². The van der Waals surface area contributed by atoms with Crippen LogP contribution in [0.2, 0.25) is 0 Å². The van der Waals surface area contributed by atoms with Gasteiger partial charge in [-0.25, -0.2) is 4.98 Å². The molecule has 0 radical (unpaired) electrons. The van der Waals surface area contributed by atoms with Gasteiger partial charge in [-0.2, -0.15) is 0 Å². The molecule has 4 nitrogen and oxygen atoms in total. The molecule has 0 saturated carbocycles. The van der Waals surface area contributed by atoms with Gasteiger partial charge < -0.3 is 9.73 Å². The third-order valence-electron chi connectivity index (χ3n) is 4.51. The van der Waals surface area contributed by atoms with Crippen LogP contribution in [0.15, 0.2) is 77.2 Å². The molecule has 0 saturated heterocycles. The van der Waals surface area contributed by atoms with Crippen LogP contribution < -0.4 is 5.32 Å². The molecule has 4 aromatic rings. The fraction of sp³-hybridized carbons (Fsp3) is 0.130. The van der Waals surface area contributed by atoms with E-state index in [-0.39, 0.29) is 5.91 Å². The Balaban J connectivity index is 1.52. The number of aromatic nitrogens is 1. The summed E-state index contributed by atoms with van der Waals surface area (Å²) in [5.41, 5.74) is 5.07. The average molecular weight is 356 g/mol. The van der Waals surface area contributed by atoms with E-state index in [1.54, 1.807) is 12.1 Å².